The number of phenols is 2. The fourth-order valence-electron chi connectivity index (χ4n) is 4.27. The topological polar surface area (TPSA) is 40.5 Å². The minimum atomic E-state index is 0.252. The van der Waals surface area contributed by atoms with E-state index in [0.717, 1.165) is 5.56 Å². The summed E-state index contributed by atoms with van der Waals surface area (Å²) in [6.45, 7) is 0. The second-order valence-corrected chi connectivity index (χ2v) is 7.57. The van der Waals surface area contributed by atoms with E-state index in [-0.39, 0.29) is 11.8 Å². The van der Waals surface area contributed by atoms with E-state index in [1.807, 2.05) is 24.3 Å². The predicted octanol–water partition coefficient (Wildman–Crippen LogP) is 6.14. The molecule has 0 aromatic heterocycles. The van der Waals surface area contributed by atoms with Crippen LogP contribution in [0.5, 0.6) is 11.5 Å². The highest BCUT2D eigenvalue weighted by Gasteiger charge is 2.20. The van der Waals surface area contributed by atoms with Gasteiger partial charge in [0.15, 0.2) is 0 Å². The van der Waals surface area contributed by atoms with Crippen molar-refractivity contribution in [2.45, 2.75) is 49.9 Å². The normalized spacial score (nSPS) is 23.2. The van der Waals surface area contributed by atoms with E-state index in [2.05, 4.69) is 30.4 Å². The van der Waals surface area contributed by atoms with Crippen LogP contribution in [0.4, 0.5) is 0 Å². The third-order valence-corrected chi connectivity index (χ3v) is 5.81. The maximum atomic E-state index is 10.3. The van der Waals surface area contributed by atoms with Gasteiger partial charge in [0.25, 0.3) is 0 Å². The van der Waals surface area contributed by atoms with Gasteiger partial charge in [-0.05, 0) is 53.6 Å². The largest absolute Gasteiger partial charge is 0.508 e. The van der Waals surface area contributed by atoms with Crippen LogP contribution in [0.3, 0.4) is 0 Å². The van der Waals surface area contributed by atoms with Crippen molar-refractivity contribution in [3.63, 3.8) is 0 Å². The standard InChI is InChI=1S/C24H26O2/c25-22-13-10-18(11-14-22)17-6-8-19(9-7-17)21-12-15-24(26)23(16-21)20-4-2-1-3-5-20/h6-17,19-20,25-26H,1-5H2. The Hall–Kier alpha value is -2.48. The zero-order valence-corrected chi connectivity index (χ0v) is 15.0. The van der Waals surface area contributed by atoms with E-state index in [1.54, 1.807) is 12.1 Å². The SMILES string of the molecule is Oc1ccc(C2C=CC(c3ccc(O)c(C4CCCCC4)c3)C=C2)cc1. The van der Waals surface area contributed by atoms with E-state index >= 15 is 0 Å². The van der Waals surface area contributed by atoms with Gasteiger partial charge in [-0.15, -0.1) is 0 Å². The first-order chi connectivity index (χ1) is 12.7. The molecule has 0 spiro atoms. The highest BCUT2D eigenvalue weighted by Crippen LogP contribution is 2.39. The molecule has 134 valence electrons. The molecule has 2 aromatic rings. The first-order valence-corrected chi connectivity index (χ1v) is 9.69. The van der Waals surface area contributed by atoms with Crippen molar-refractivity contribution in [2.75, 3.05) is 0 Å². The number of hydrogen-bond donors (Lipinski definition) is 2. The van der Waals surface area contributed by atoms with Gasteiger partial charge in [0.2, 0.25) is 0 Å². The summed E-state index contributed by atoms with van der Waals surface area (Å²) in [6, 6.07) is 13.5. The molecule has 0 bridgehead atoms. The maximum Gasteiger partial charge on any atom is 0.119 e. The number of benzene rings is 2. The second kappa shape index (κ2) is 7.41. The maximum absolute atomic E-state index is 10.3. The van der Waals surface area contributed by atoms with Crippen LogP contribution in [0.15, 0.2) is 66.8 Å². The highest BCUT2D eigenvalue weighted by atomic mass is 16.3. The lowest BCUT2D eigenvalue weighted by atomic mass is 9.81. The summed E-state index contributed by atoms with van der Waals surface area (Å²) >= 11 is 0. The van der Waals surface area contributed by atoms with E-state index in [9.17, 15) is 10.2 Å². The average molecular weight is 346 g/mol. The second-order valence-electron chi connectivity index (χ2n) is 7.57. The third-order valence-electron chi connectivity index (χ3n) is 5.81. The smallest absolute Gasteiger partial charge is 0.119 e. The lowest BCUT2D eigenvalue weighted by Gasteiger charge is -2.24. The van der Waals surface area contributed by atoms with E-state index < -0.39 is 0 Å². The van der Waals surface area contributed by atoms with Crippen LogP contribution in [0, 0.1) is 0 Å². The Balaban J connectivity index is 1.53. The molecule has 2 heteroatoms. The van der Waals surface area contributed by atoms with Gasteiger partial charge in [-0.1, -0.05) is 67.8 Å². The number of aromatic hydroxyl groups is 2. The molecule has 0 radical (unpaired) electrons. The van der Waals surface area contributed by atoms with Crippen LogP contribution < -0.4 is 0 Å². The molecule has 4 rings (SSSR count). The molecule has 2 aliphatic carbocycles. The molecule has 0 saturated heterocycles. The summed E-state index contributed by atoms with van der Waals surface area (Å²) in [4.78, 5) is 0. The van der Waals surface area contributed by atoms with Gasteiger partial charge in [0.1, 0.15) is 11.5 Å². The van der Waals surface area contributed by atoms with Crippen LogP contribution in [-0.4, -0.2) is 10.2 Å². The quantitative estimate of drug-likeness (QED) is 0.655. The van der Waals surface area contributed by atoms with Crippen molar-refractivity contribution >= 4 is 0 Å². The monoisotopic (exact) mass is 346 g/mol. The Morgan fingerprint density at radius 2 is 1.23 bits per heavy atom. The van der Waals surface area contributed by atoms with Crippen molar-refractivity contribution in [2.24, 2.45) is 0 Å². The van der Waals surface area contributed by atoms with Crippen LogP contribution >= 0.6 is 0 Å². The van der Waals surface area contributed by atoms with Crippen LogP contribution in [0.1, 0.15) is 66.5 Å². The number of hydrogen-bond acceptors (Lipinski definition) is 2. The van der Waals surface area contributed by atoms with Crippen LogP contribution in [-0.2, 0) is 0 Å². The van der Waals surface area contributed by atoms with Gasteiger partial charge < -0.3 is 10.2 Å². The molecule has 2 aliphatic rings. The van der Waals surface area contributed by atoms with Gasteiger partial charge in [0.05, 0.1) is 0 Å². The molecule has 1 fully saturated rings. The summed E-state index contributed by atoms with van der Waals surface area (Å²) in [5, 5.41) is 19.8. The molecule has 0 aliphatic heterocycles. The Morgan fingerprint density at radius 1 is 0.654 bits per heavy atom. The summed E-state index contributed by atoms with van der Waals surface area (Å²) in [5.41, 5.74) is 3.56. The van der Waals surface area contributed by atoms with E-state index in [0.29, 0.717) is 17.4 Å². The zero-order valence-electron chi connectivity index (χ0n) is 15.0. The van der Waals surface area contributed by atoms with Crippen molar-refractivity contribution in [1.29, 1.82) is 0 Å². The Morgan fingerprint density at radius 3 is 1.88 bits per heavy atom. The lowest BCUT2D eigenvalue weighted by molar-refractivity contribution is 0.414. The van der Waals surface area contributed by atoms with Crippen molar-refractivity contribution in [3.8, 4) is 11.5 Å². The fourth-order valence-corrected chi connectivity index (χ4v) is 4.27. The minimum Gasteiger partial charge on any atom is -0.508 e. The predicted molar refractivity (Wildman–Crippen MR) is 106 cm³/mol. The Bertz CT molecular complexity index is 797. The summed E-state index contributed by atoms with van der Waals surface area (Å²) < 4.78 is 0. The summed E-state index contributed by atoms with van der Waals surface area (Å²) in [6.07, 6.45) is 15.2. The number of rotatable bonds is 3. The average Bonchev–Trinajstić information content (AvgIpc) is 2.70. The molecule has 26 heavy (non-hydrogen) atoms. The molecule has 2 aromatic carbocycles. The highest BCUT2D eigenvalue weighted by molar-refractivity contribution is 5.45. The first kappa shape index (κ1) is 17.0. The zero-order chi connectivity index (χ0) is 17.9. The van der Waals surface area contributed by atoms with E-state index in [4.69, 9.17) is 0 Å². The summed E-state index contributed by atoms with van der Waals surface area (Å²) in [7, 11) is 0. The van der Waals surface area contributed by atoms with Crippen LogP contribution in [0.25, 0.3) is 0 Å². The molecular formula is C24H26O2. The number of allylic oxidation sites excluding steroid dienone is 4. The fraction of sp³-hybridized carbons (Fsp3) is 0.333. The van der Waals surface area contributed by atoms with Gasteiger partial charge >= 0.3 is 0 Å². The third kappa shape index (κ3) is 3.55. The Kier molecular flexibility index (Phi) is 4.83. The van der Waals surface area contributed by atoms with Gasteiger partial charge in [-0.2, -0.15) is 0 Å². The van der Waals surface area contributed by atoms with Gasteiger partial charge in [-0.3, -0.25) is 0 Å². The van der Waals surface area contributed by atoms with Crippen molar-refractivity contribution < 1.29 is 10.2 Å². The molecule has 2 N–H and O–H groups in total. The first-order valence-electron chi connectivity index (χ1n) is 9.69. The molecule has 0 atom stereocenters. The molecule has 1 saturated carbocycles. The van der Waals surface area contributed by atoms with Gasteiger partial charge in [0, 0.05) is 11.8 Å². The lowest BCUT2D eigenvalue weighted by Crippen LogP contribution is -2.06. The number of phenolic OH excluding ortho intramolecular Hbond substituents is 2. The van der Waals surface area contributed by atoms with Crippen molar-refractivity contribution in [3.05, 3.63) is 83.5 Å². The minimum absolute atomic E-state index is 0.252. The Labute approximate surface area is 155 Å². The molecule has 2 nitrogen and oxygen atoms in total. The van der Waals surface area contributed by atoms with Gasteiger partial charge in [-0.25, -0.2) is 0 Å². The molecule has 0 heterocycles. The van der Waals surface area contributed by atoms with Crippen molar-refractivity contribution in [1.82, 2.24) is 0 Å². The summed E-state index contributed by atoms with van der Waals surface area (Å²) in [5.74, 6) is 1.76. The van der Waals surface area contributed by atoms with E-state index in [1.165, 1.54) is 43.2 Å². The molecule has 0 unspecified atom stereocenters. The van der Waals surface area contributed by atoms with Crippen LogP contribution in [0.2, 0.25) is 0 Å². The molecule has 0 amide bonds. The molecular weight excluding hydrogens is 320 g/mol.